The van der Waals surface area contributed by atoms with Crippen molar-refractivity contribution in [3.8, 4) is 0 Å². The number of piperidine rings is 1. The maximum atomic E-state index is 13.7. The van der Waals surface area contributed by atoms with Gasteiger partial charge in [-0.25, -0.2) is 17.2 Å². The number of nitrogens with one attached hydrogen (secondary N) is 1. The van der Waals surface area contributed by atoms with Gasteiger partial charge < -0.3 is 5.32 Å². The van der Waals surface area contributed by atoms with E-state index in [0.717, 1.165) is 37.5 Å². The zero-order valence-electron chi connectivity index (χ0n) is 14.8. The van der Waals surface area contributed by atoms with E-state index < -0.39 is 27.6 Å². The molecule has 1 N–H and O–H groups in total. The first-order valence-corrected chi connectivity index (χ1v) is 10.1. The second-order valence-corrected chi connectivity index (χ2v) is 8.43. The van der Waals surface area contributed by atoms with E-state index >= 15 is 0 Å². The van der Waals surface area contributed by atoms with Crippen LogP contribution in [0.4, 0.5) is 14.5 Å². The number of nitrogens with zero attached hydrogens (tertiary/aromatic N) is 1. The molecule has 0 bridgehead atoms. The first kappa shape index (κ1) is 19.4. The predicted molar refractivity (Wildman–Crippen MR) is 98.1 cm³/mol. The minimum absolute atomic E-state index is 0.0526. The number of amides is 1. The molecule has 2 aromatic carbocycles. The number of hydrogen-bond acceptors (Lipinski definition) is 3. The minimum atomic E-state index is -3.72. The zero-order valence-corrected chi connectivity index (χ0v) is 15.7. The van der Waals surface area contributed by atoms with Crippen molar-refractivity contribution in [3.05, 3.63) is 59.2 Å². The average molecular weight is 394 g/mol. The molecule has 1 aliphatic rings. The van der Waals surface area contributed by atoms with Crippen molar-refractivity contribution in [2.75, 3.05) is 18.4 Å². The van der Waals surface area contributed by atoms with Crippen LogP contribution >= 0.6 is 0 Å². The Labute approximate surface area is 157 Å². The maximum absolute atomic E-state index is 13.7. The second kappa shape index (κ2) is 7.74. The summed E-state index contributed by atoms with van der Waals surface area (Å²) in [5.74, 6) is -2.18. The van der Waals surface area contributed by atoms with Crippen LogP contribution in [0, 0.1) is 18.6 Å². The van der Waals surface area contributed by atoms with Crippen LogP contribution in [0.5, 0.6) is 0 Å². The fraction of sp³-hybridized carbons (Fsp3) is 0.316. The molecule has 0 aromatic heterocycles. The Balaban J connectivity index is 1.90. The lowest BCUT2D eigenvalue weighted by Crippen LogP contribution is -2.36. The van der Waals surface area contributed by atoms with Gasteiger partial charge >= 0.3 is 0 Å². The highest BCUT2D eigenvalue weighted by Crippen LogP contribution is 2.25. The van der Waals surface area contributed by atoms with Crippen LogP contribution in [0.3, 0.4) is 0 Å². The van der Waals surface area contributed by atoms with E-state index in [2.05, 4.69) is 5.32 Å². The average Bonchev–Trinajstić information content (AvgIpc) is 2.65. The van der Waals surface area contributed by atoms with Gasteiger partial charge in [-0.2, -0.15) is 4.31 Å². The van der Waals surface area contributed by atoms with Gasteiger partial charge in [0.05, 0.1) is 10.6 Å². The number of carbonyl (C=O) groups excluding carboxylic acids is 1. The van der Waals surface area contributed by atoms with Crippen LogP contribution in [0.25, 0.3) is 0 Å². The molecule has 1 saturated heterocycles. The summed E-state index contributed by atoms with van der Waals surface area (Å²) in [6.07, 6.45) is 2.60. The summed E-state index contributed by atoms with van der Waals surface area (Å²) in [5.41, 5.74) is 0.273. The number of anilines is 1. The van der Waals surface area contributed by atoms with Crippen LogP contribution in [0.15, 0.2) is 41.3 Å². The highest BCUT2D eigenvalue weighted by Gasteiger charge is 2.28. The number of halogens is 2. The highest BCUT2D eigenvalue weighted by atomic mass is 32.2. The van der Waals surface area contributed by atoms with Gasteiger partial charge in [0.1, 0.15) is 11.6 Å². The molecule has 1 aliphatic heterocycles. The number of rotatable bonds is 4. The van der Waals surface area contributed by atoms with Crippen molar-refractivity contribution in [1.82, 2.24) is 4.31 Å². The van der Waals surface area contributed by atoms with Gasteiger partial charge in [-0.05, 0) is 49.6 Å². The Kier molecular flexibility index (Phi) is 5.57. The fourth-order valence-electron chi connectivity index (χ4n) is 3.05. The molecule has 5 nitrogen and oxygen atoms in total. The number of benzene rings is 2. The Morgan fingerprint density at radius 1 is 1.04 bits per heavy atom. The summed E-state index contributed by atoms with van der Waals surface area (Å²) in [7, 11) is -3.72. The SMILES string of the molecule is Cc1ccc(C(=O)Nc2cc(F)ccc2F)cc1S(=O)(=O)N1CCCCC1. The fourth-order valence-corrected chi connectivity index (χ4v) is 4.82. The van der Waals surface area contributed by atoms with Crippen LogP contribution in [-0.2, 0) is 10.0 Å². The summed E-state index contributed by atoms with van der Waals surface area (Å²) in [5, 5.41) is 2.28. The molecule has 0 saturated carbocycles. The number of aryl methyl sites for hydroxylation is 1. The Bertz CT molecular complexity index is 971. The van der Waals surface area contributed by atoms with E-state index in [9.17, 15) is 22.0 Å². The normalized spacial score (nSPS) is 15.5. The molecule has 1 fully saturated rings. The van der Waals surface area contributed by atoms with Gasteiger partial charge in [0.25, 0.3) is 5.91 Å². The molecular weight excluding hydrogens is 374 g/mol. The summed E-state index contributed by atoms with van der Waals surface area (Å²) >= 11 is 0. The number of sulfonamides is 1. The summed E-state index contributed by atoms with van der Waals surface area (Å²) < 4.78 is 54.3. The Hall–Kier alpha value is -2.32. The van der Waals surface area contributed by atoms with Gasteiger partial charge in [-0.1, -0.05) is 12.5 Å². The largest absolute Gasteiger partial charge is 0.319 e. The van der Waals surface area contributed by atoms with Crippen LogP contribution < -0.4 is 5.32 Å². The quantitative estimate of drug-likeness (QED) is 0.860. The van der Waals surface area contributed by atoms with Crippen LogP contribution in [0.2, 0.25) is 0 Å². The van der Waals surface area contributed by atoms with Gasteiger partial charge in [0.2, 0.25) is 10.0 Å². The molecule has 0 atom stereocenters. The molecule has 1 heterocycles. The molecule has 0 aliphatic carbocycles. The Morgan fingerprint density at radius 2 is 1.74 bits per heavy atom. The maximum Gasteiger partial charge on any atom is 0.255 e. The molecule has 1 amide bonds. The topological polar surface area (TPSA) is 66.5 Å². The van der Waals surface area contributed by atoms with Crippen LogP contribution in [-0.4, -0.2) is 31.7 Å². The molecule has 2 aromatic rings. The van der Waals surface area contributed by atoms with E-state index in [0.29, 0.717) is 18.7 Å². The van der Waals surface area contributed by atoms with Crippen molar-refractivity contribution in [1.29, 1.82) is 0 Å². The van der Waals surface area contributed by atoms with E-state index in [1.54, 1.807) is 6.92 Å². The van der Waals surface area contributed by atoms with Crippen molar-refractivity contribution < 1.29 is 22.0 Å². The third-order valence-electron chi connectivity index (χ3n) is 4.56. The standard InChI is InChI=1S/C19H20F2N2O3S/c1-13-5-6-14(19(24)22-17-12-15(20)7-8-16(17)21)11-18(13)27(25,26)23-9-3-2-4-10-23/h5-8,11-12H,2-4,9-10H2,1H3,(H,22,24). The molecule has 144 valence electrons. The van der Waals surface area contributed by atoms with Gasteiger partial charge in [0, 0.05) is 24.7 Å². The molecule has 27 heavy (non-hydrogen) atoms. The molecule has 0 unspecified atom stereocenters. The molecule has 8 heteroatoms. The summed E-state index contributed by atoms with van der Waals surface area (Å²) in [6.45, 7) is 2.56. The lowest BCUT2D eigenvalue weighted by Gasteiger charge is -2.26. The van der Waals surface area contributed by atoms with E-state index in [1.807, 2.05) is 0 Å². The highest BCUT2D eigenvalue weighted by molar-refractivity contribution is 7.89. The van der Waals surface area contributed by atoms with E-state index in [1.165, 1.54) is 22.5 Å². The minimum Gasteiger partial charge on any atom is -0.319 e. The van der Waals surface area contributed by atoms with Crippen molar-refractivity contribution in [3.63, 3.8) is 0 Å². The lowest BCUT2D eigenvalue weighted by atomic mass is 10.1. The smallest absolute Gasteiger partial charge is 0.255 e. The predicted octanol–water partition coefficient (Wildman–Crippen LogP) is 3.70. The third kappa shape index (κ3) is 4.17. The summed E-state index contributed by atoms with van der Waals surface area (Å²) in [4.78, 5) is 12.5. The molecule has 3 rings (SSSR count). The van der Waals surface area contributed by atoms with Crippen molar-refractivity contribution in [2.24, 2.45) is 0 Å². The second-order valence-electron chi connectivity index (χ2n) is 6.52. The molecule has 0 spiro atoms. The van der Waals surface area contributed by atoms with Gasteiger partial charge in [-0.3, -0.25) is 4.79 Å². The zero-order chi connectivity index (χ0) is 19.6. The van der Waals surface area contributed by atoms with Crippen LogP contribution in [0.1, 0.15) is 35.2 Å². The molecule has 0 radical (unpaired) electrons. The number of hydrogen-bond donors (Lipinski definition) is 1. The summed E-state index contributed by atoms with van der Waals surface area (Å²) in [6, 6.07) is 7.00. The van der Waals surface area contributed by atoms with Gasteiger partial charge in [-0.15, -0.1) is 0 Å². The first-order chi connectivity index (χ1) is 12.8. The Morgan fingerprint density at radius 3 is 2.44 bits per heavy atom. The van der Waals surface area contributed by atoms with E-state index in [4.69, 9.17) is 0 Å². The van der Waals surface area contributed by atoms with Gasteiger partial charge in [0.15, 0.2) is 0 Å². The lowest BCUT2D eigenvalue weighted by molar-refractivity contribution is 0.102. The third-order valence-corrected chi connectivity index (χ3v) is 6.60. The first-order valence-electron chi connectivity index (χ1n) is 8.66. The van der Waals surface area contributed by atoms with Crippen molar-refractivity contribution in [2.45, 2.75) is 31.1 Å². The number of carbonyl (C=O) groups is 1. The van der Waals surface area contributed by atoms with E-state index in [-0.39, 0.29) is 16.1 Å². The monoisotopic (exact) mass is 394 g/mol. The van der Waals surface area contributed by atoms with Crippen molar-refractivity contribution >= 4 is 21.6 Å². The molecular formula is C19H20F2N2O3S.